The van der Waals surface area contributed by atoms with Gasteiger partial charge in [-0.05, 0) is 17.7 Å². The van der Waals surface area contributed by atoms with Crippen molar-refractivity contribution in [3.8, 4) is 11.5 Å². The first-order chi connectivity index (χ1) is 8.02. The summed E-state index contributed by atoms with van der Waals surface area (Å²) in [6.45, 7) is -0.255. The van der Waals surface area contributed by atoms with Gasteiger partial charge in [0.05, 0.1) is 13.5 Å². The molecule has 0 saturated heterocycles. The van der Waals surface area contributed by atoms with Gasteiger partial charge in [-0.25, -0.2) is 0 Å². The Bertz CT molecular complexity index is 430. The molecule has 0 aliphatic carbocycles. The number of hydrogen-bond acceptors (Lipinski definition) is 4. The predicted molar refractivity (Wildman–Crippen MR) is 59.0 cm³/mol. The van der Waals surface area contributed by atoms with E-state index in [0.717, 1.165) is 0 Å². The number of amides is 1. The van der Waals surface area contributed by atoms with Crippen molar-refractivity contribution < 1.29 is 24.2 Å². The summed E-state index contributed by atoms with van der Waals surface area (Å²) >= 11 is 0. The van der Waals surface area contributed by atoms with Crippen LogP contribution in [0.5, 0.6) is 11.5 Å². The van der Waals surface area contributed by atoms with E-state index >= 15 is 0 Å². The maximum Gasteiger partial charge on any atom is 0.307 e. The summed E-state index contributed by atoms with van der Waals surface area (Å²) in [6, 6.07) is 4.68. The average molecular weight is 239 g/mol. The van der Waals surface area contributed by atoms with Crippen molar-refractivity contribution in [3.63, 3.8) is 0 Å². The maximum absolute atomic E-state index is 10.6. The topological polar surface area (TPSA) is 98.8 Å². The van der Waals surface area contributed by atoms with Gasteiger partial charge in [-0.3, -0.25) is 9.59 Å². The van der Waals surface area contributed by atoms with Crippen LogP contribution in [0.3, 0.4) is 0 Å². The number of carbonyl (C=O) groups is 2. The summed E-state index contributed by atoms with van der Waals surface area (Å²) in [5.74, 6) is -0.815. The van der Waals surface area contributed by atoms with Gasteiger partial charge in [0.25, 0.3) is 5.91 Å². The normalized spacial score (nSPS) is 9.71. The highest BCUT2D eigenvalue weighted by Gasteiger charge is 2.08. The minimum absolute atomic E-state index is 0.105. The molecule has 0 aromatic heterocycles. The predicted octanol–water partition coefficient (Wildman–Crippen LogP) is 0.186. The van der Waals surface area contributed by atoms with Crippen molar-refractivity contribution in [1.82, 2.24) is 0 Å². The molecular formula is C11H13NO5. The Morgan fingerprint density at radius 3 is 2.59 bits per heavy atom. The molecule has 0 aliphatic heterocycles. The van der Waals surface area contributed by atoms with Crippen molar-refractivity contribution >= 4 is 11.9 Å². The van der Waals surface area contributed by atoms with E-state index in [1.807, 2.05) is 0 Å². The van der Waals surface area contributed by atoms with E-state index in [9.17, 15) is 9.59 Å². The molecule has 0 atom stereocenters. The van der Waals surface area contributed by atoms with Crippen LogP contribution in [-0.2, 0) is 16.0 Å². The Balaban J connectivity index is 2.85. The molecule has 1 aromatic rings. The zero-order valence-electron chi connectivity index (χ0n) is 9.30. The lowest BCUT2D eigenvalue weighted by atomic mass is 10.1. The smallest absolute Gasteiger partial charge is 0.307 e. The van der Waals surface area contributed by atoms with E-state index in [1.54, 1.807) is 18.2 Å². The average Bonchev–Trinajstić information content (AvgIpc) is 2.26. The van der Waals surface area contributed by atoms with Crippen LogP contribution in [0, 0.1) is 0 Å². The number of primary amides is 1. The molecule has 0 saturated carbocycles. The number of rotatable bonds is 6. The number of carboxylic acids is 1. The standard InChI is InChI=1S/C11H13NO5/c1-16-9-4-7(5-11(14)15)2-3-8(9)17-6-10(12)13/h2-4H,5-6H2,1H3,(H2,12,13)(H,14,15). The molecule has 0 unspecified atom stereocenters. The molecule has 0 spiro atoms. The summed E-state index contributed by atoms with van der Waals surface area (Å²) in [6.07, 6.45) is -0.105. The Labute approximate surface area is 97.9 Å². The molecule has 17 heavy (non-hydrogen) atoms. The largest absolute Gasteiger partial charge is 0.493 e. The van der Waals surface area contributed by atoms with Gasteiger partial charge < -0.3 is 20.3 Å². The zero-order chi connectivity index (χ0) is 12.8. The monoisotopic (exact) mass is 239 g/mol. The van der Waals surface area contributed by atoms with Crippen LogP contribution in [0.25, 0.3) is 0 Å². The second kappa shape index (κ2) is 5.74. The number of nitrogens with two attached hydrogens (primary N) is 1. The second-order valence-electron chi connectivity index (χ2n) is 3.31. The van der Waals surface area contributed by atoms with Gasteiger partial charge in [0, 0.05) is 0 Å². The first-order valence-electron chi connectivity index (χ1n) is 4.82. The minimum Gasteiger partial charge on any atom is -0.493 e. The SMILES string of the molecule is COc1cc(CC(=O)O)ccc1OCC(N)=O. The molecule has 1 rings (SSSR count). The van der Waals surface area contributed by atoms with Crippen LogP contribution in [0.2, 0.25) is 0 Å². The van der Waals surface area contributed by atoms with E-state index in [0.29, 0.717) is 17.1 Å². The number of hydrogen-bond donors (Lipinski definition) is 2. The molecule has 6 nitrogen and oxygen atoms in total. The Hall–Kier alpha value is -2.24. The summed E-state index contributed by atoms with van der Waals surface area (Å²) in [5, 5.41) is 8.64. The van der Waals surface area contributed by atoms with E-state index in [-0.39, 0.29) is 13.0 Å². The minimum atomic E-state index is -0.933. The van der Waals surface area contributed by atoms with Crippen LogP contribution in [0.1, 0.15) is 5.56 Å². The third kappa shape index (κ3) is 4.02. The molecule has 0 fully saturated rings. The van der Waals surface area contributed by atoms with Gasteiger partial charge in [-0.15, -0.1) is 0 Å². The number of methoxy groups -OCH3 is 1. The van der Waals surface area contributed by atoms with Crippen LogP contribution >= 0.6 is 0 Å². The van der Waals surface area contributed by atoms with Gasteiger partial charge in [-0.1, -0.05) is 6.07 Å². The number of carboxylic acid groups (broad SMARTS) is 1. The third-order valence-corrected chi connectivity index (χ3v) is 1.95. The highest BCUT2D eigenvalue weighted by atomic mass is 16.5. The second-order valence-corrected chi connectivity index (χ2v) is 3.31. The number of carbonyl (C=O) groups excluding carboxylic acids is 1. The quantitative estimate of drug-likeness (QED) is 0.738. The Kier molecular flexibility index (Phi) is 4.33. The molecule has 6 heteroatoms. The summed E-state index contributed by atoms with van der Waals surface area (Å²) < 4.78 is 10.1. The van der Waals surface area contributed by atoms with Crippen LogP contribution < -0.4 is 15.2 Å². The maximum atomic E-state index is 10.6. The highest BCUT2D eigenvalue weighted by Crippen LogP contribution is 2.28. The fraction of sp³-hybridized carbons (Fsp3) is 0.273. The third-order valence-electron chi connectivity index (χ3n) is 1.95. The van der Waals surface area contributed by atoms with Gasteiger partial charge in [-0.2, -0.15) is 0 Å². The van der Waals surface area contributed by atoms with Crippen LogP contribution in [0.4, 0.5) is 0 Å². The van der Waals surface area contributed by atoms with Gasteiger partial charge in [0.2, 0.25) is 0 Å². The van der Waals surface area contributed by atoms with Gasteiger partial charge >= 0.3 is 5.97 Å². The summed E-state index contributed by atoms with van der Waals surface area (Å²) in [4.78, 5) is 21.1. The number of benzene rings is 1. The van der Waals surface area contributed by atoms with Crippen LogP contribution in [0.15, 0.2) is 18.2 Å². The molecular weight excluding hydrogens is 226 g/mol. The van der Waals surface area contributed by atoms with Crippen molar-refractivity contribution in [3.05, 3.63) is 23.8 Å². The van der Waals surface area contributed by atoms with Gasteiger partial charge in [0.15, 0.2) is 18.1 Å². The molecule has 92 valence electrons. The lowest BCUT2D eigenvalue weighted by Crippen LogP contribution is -2.20. The molecule has 1 amide bonds. The number of aliphatic carboxylic acids is 1. The first kappa shape index (κ1) is 12.8. The van der Waals surface area contributed by atoms with E-state index < -0.39 is 11.9 Å². The van der Waals surface area contributed by atoms with Crippen LogP contribution in [-0.4, -0.2) is 30.7 Å². The van der Waals surface area contributed by atoms with Crippen molar-refractivity contribution in [1.29, 1.82) is 0 Å². The van der Waals surface area contributed by atoms with Gasteiger partial charge in [0.1, 0.15) is 0 Å². The van der Waals surface area contributed by atoms with E-state index in [2.05, 4.69) is 0 Å². The van der Waals surface area contributed by atoms with Crippen molar-refractivity contribution in [2.24, 2.45) is 5.73 Å². The lowest BCUT2D eigenvalue weighted by molar-refractivity contribution is -0.136. The van der Waals surface area contributed by atoms with E-state index in [1.165, 1.54) is 7.11 Å². The highest BCUT2D eigenvalue weighted by molar-refractivity contribution is 5.75. The fourth-order valence-electron chi connectivity index (χ4n) is 1.26. The Morgan fingerprint density at radius 2 is 2.06 bits per heavy atom. The molecule has 0 bridgehead atoms. The molecule has 0 aliphatic rings. The summed E-state index contributed by atoms with van der Waals surface area (Å²) in [5.41, 5.74) is 5.53. The zero-order valence-corrected chi connectivity index (χ0v) is 9.30. The molecule has 3 N–H and O–H groups in total. The summed E-state index contributed by atoms with van der Waals surface area (Å²) in [7, 11) is 1.43. The number of ether oxygens (including phenoxy) is 2. The lowest BCUT2D eigenvalue weighted by Gasteiger charge is -2.10. The Morgan fingerprint density at radius 1 is 1.35 bits per heavy atom. The first-order valence-corrected chi connectivity index (χ1v) is 4.82. The van der Waals surface area contributed by atoms with Crippen molar-refractivity contribution in [2.45, 2.75) is 6.42 Å². The molecule has 0 radical (unpaired) electrons. The molecule has 1 aromatic carbocycles. The fourth-order valence-corrected chi connectivity index (χ4v) is 1.26. The molecule has 0 heterocycles. The van der Waals surface area contributed by atoms with Crippen molar-refractivity contribution in [2.75, 3.05) is 13.7 Å². The van der Waals surface area contributed by atoms with E-state index in [4.69, 9.17) is 20.3 Å².